The number of nitrogens with zero attached hydrogens (tertiary/aromatic N) is 2. The molecule has 1 unspecified atom stereocenters. The molecule has 0 saturated heterocycles. The SMILES string of the molecule is CCNC(=NCc1ncc(CC)s1)NC(C)COC.I. The van der Waals surface area contributed by atoms with Crippen molar-refractivity contribution < 1.29 is 4.74 Å². The van der Waals surface area contributed by atoms with Crippen LogP contribution in [0.1, 0.15) is 30.7 Å². The first-order valence-electron chi connectivity index (χ1n) is 6.66. The molecule has 2 N–H and O–H groups in total. The summed E-state index contributed by atoms with van der Waals surface area (Å²) in [5, 5.41) is 7.57. The highest BCUT2D eigenvalue weighted by atomic mass is 127. The van der Waals surface area contributed by atoms with Crippen LogP contribution in [0.15, 0.2) is 11.2 Å². The summed E-state index contributed by atoms with van der Waals surface area (Å²) in [6.45, 7) is 8.36. The maximum Gasteiger partial charge on any atom is 0.191 e. The van der Waals surface area contributed by atoms with Crippen LogP contribution in [0, 0.1) is 0 Å². The van der Waals surface area contributed by atoms with Crippen molar-refractivity contribution in [3.05, 3.63) is 16.1 Å². The van der Waals surface area contributed by atoms with Crippen molar-refractivity contribution in [2.45, 2.75) is 39.8 Å². The molecule has 1 aromatic heterocycles. The number of hydrogen-bond donors (Lipinski definition) is 2. The second-order valence-electron chi connectivity index (χ2n) is 4.27. The molecule has 0 fully saturated rings. The smallest absolute Gasteiger partial charge is 0.191 e. The molecule has 116 valence electrons. The van der Waals surface area contributed by atoms with Gasteiger partial charge in [-0.05, 0) is 20.3 Å². The van der Waals surface area contributed by atoms with Crippen molar-refractivity contribution in [1.82, 2.24) is 15.6 Å². The molecule has 0 aliphatic heterocycles. The first kappa shape index (κ1) is 19.6. The highest BCUT2D eigenvalue weighted by Crippen LogP contribution is 2.13. The van der Waals surface area contributed by atoms with Gasteiger partial charge in [0, 0.05) is 30.8 Å². The van der Waals surface area contributed by atoms with Crippen LogP contribution in [0.3, 0.4) is 0 Å². The standard InChI is InChI=1S/C13H24N4OS.HI/c1-5-11-7-15-12(19-11)8-16-13(14-6-2)17-10(3)9-18-4;/h7,10H,5-6,8-9H2,1-4H3,(H2,14,16,17);1H. The number of nitrogens with one attached hydrogen (secondary N) is 2. The molecule has 1 atom stereocenters. The predicted molar refractivity (Wildman–Crippen MR) is 96.2 cm³/mol. The number of aryl methyl sites for hydroxylation is 1. The molecule has 0 spiro atoms. The molecular weight excluding hydrogens is 387 g/mol. The Morgan fingerprint density at radius 2 is 2.25 bits per heavy atom. The Morgan fingerprint density at radius 1 is 1.50 bits per heavy atom. The van der Waals surface area contributed by atoms with E-state index in [4.69, 9.17) is 4.74 Å². The molecule has 0 amide bonds. The minimum absolute atomic E-state index is 0. The number of guanidine groups is 1. The summed E-state index contributed by atoms with van der Waals surface area (Å²) in [6.07, 6.45) is 2.97. The molecule has 1 rings (SSSR count). The maximum atomic E-state index is 5.11. The average molecular weight is 412 g/mol. The fourth-order valence-corrected chi connectivity index (χ4v) is 2.36. The van der Waals surface area contributed by atoms with Gasteiger partial charge in [-0.1, -0.05) is 6.92 Å². The number of aromatic nitrogens is 1. The monoisotopic (exact) mass is 412 g/mol. The maximum absolute atomic E-state index is 5.11. The van der Waals surface area contributed by atoms with E-state index in [1.807, 2.05) is 6.20 Å². The van der Waals surface area contributed by atoms with Crippen molar-refractivity contribution in [1.29, 1.82) is 0 Å². The lowest BCUT2D eigenvalue weighted by Gasteiger charge is -2.16. The van der Waals surface area contributed by atoms with E-state index in [9.17, 15) is 0 Å². The lowest BCUT2D eigenvalue weighted by molar-refractivity contribution is 0.179. The fraction of sp³-hybridized carbons (Fsp3) is 0.692. The minimum Gasteiger partial charge on any atom is -0.383 e. The lowest BCUT2D eigenvalue weighted by atomic mass is 10.4. The van der Waals surface area contributed by atoms with E-state index in [0.29, 0.717) is 13.2 Å². The zero-order chi connectivity index (χ0) is 14.1. The summed E-state index contributed by atoms with van der Waals surface area (Å²) in [7, 11) is 1.70. The van der Waals surface area contributed by atoms with E-state index >= 15 is 0 Å². The van der Waals surface area contributed by atoms with Gasteiger partial charge in [0.05, 0.1) is 13.2 Å². The third kappa shape index (κ3) is 7.39. The van der Waals surface area contributed by atoms with Crippen LogP contribution in [-0.4, -0.2) is 37.2 Å². The van der Waals surface area contributed by atoms with Gasteiger partial charge in [0.1, 0.15) is 5.01 Å². The van der Waals surface area contributed by atoms with Gasteiger partial charge in [0.25, 0.3) is 0 Å². The van der Waals surface area contributed by atoms with E-state index in [2.05, 4.69) is 41.4 Å². The number of halogens is 1. The third-order valence-electron chi connectivity index (χ3n) is 2.47. The second-order valence-corrected chi connectivity index (χ2v) is 5.47. The molecule has 0 aliphatic rings. The first-order valence-corrected chi connectivity index (χ1v) is 7.48. The molecule has 1 heterocycles. The third-order valence-corrected chi connectivity index (χ3v) is 3.59. The Labute approximate surface area is 142 Å². The van der Waals surface area contributed by atoms with Gasteiger partial charge in [0.15, 0.2) is 5.96 Å². The van der Waals surface area contributed by atoms with Gasteiger partial charge in [-0.3, -0.25) is 0 Å². The predicted octanol–water partition coefficient (Wildman–Crippen LogP) is 2.41. The van der Waals surface area contributed by atoms with Gasteiger partial charge >= 0.3 is 0 Å². The zero-order valence-electron chi connectivity index (χ0n) is 12.6. The van der Waals surface area contributed by atoms with Crippen LogP contribution < -0.4 is 10.6 Å². The normalized spacial score (nSPS) is 12.7. The molecule has 0 aliphatic carbocycles. The Morgan fingerprint density at radius 3 is 2.80 bits per heavy atom. The molecule has 7 heteroatoms. The number of methoxy groups -OCH3 is 1. The van der Waals surface area contributed by atoms with Crippen LogP contribution in [0.2, 0.25) is 0 Å². The Kier molecular flexibility index (Phi) is 11.0. The fourth-order valence-electron chi connectivity index (χ4n) is 1.58. The van der Waals surface area contributed by atoms with Gasteiger partial charge in [0.2, 0.25) is 0 Å². The molecule has 1 aromatic rings. The highest BCUT2D eigenvalue weighted by Gasteiger charge is 2.05. The summed E-state index contributed by atoms with van der Waals surface area (Å²) < 4.78 is 5.11. The number of rotatable bonds is 7. The van der Waals surface area contributed by atoms with E-state index < -0.39 is 0 Å². The highest BCUT2D eigenvalue weighted by molar-refractivity contribution is 14.0. The van der Waals surface area contributed by atoms with Crippen molar-refractivity contribution in [3.63, 3.8) is 0 Å². The largest absolute Gasteiger partial charge is 0.383 e. The van der Waals surface area contributed by atoms with Crippen molar-refractivity contribution in [2.24, 2.45) is 4.99 Å². The number of thiazole rings is 1. The minimum atomic E-state index is 0. The number of ether oxygens (including phenoxy) is 1. The second kappa shape index (κ2) is 11.3. The number of aliphatic imine (C=N–C) groups is 1. The van der Waals surface area contributed by atoms with Crippen molar-refractivity contribution in [2.75, 3.05) is 20.3 Å². The molecule has 0 saturated carbocycles. The van der Waals surface area contributed by atoms with Crippen LogP contribution in [0.5, 0.6) is 0 Å². The quantitative estimate of drug-likeness (QED) is 0.410. The van der Waals surface area contributed by atoms with Gasteiger partial charge in [-0.25, -0.2) is 9.98 Å². The molecular formula is C13H25IN4OS. The van der Waals surface area contributed by atoms with Crippen LogP contribution in [0.25, 0.3) is 0 Å². The van der Waals surface area contributed by atoms with Crippen molar-refractivity contribution in [3.8, 4) is 0 Å². The Bertz CT molecular complexity index is 397. The van der Waals surface area contributed by atoms with E-state index in [-0.39, 0.29) is 30.0 Å². The topological polar surface area (TPSA) is 58.5 Å². The average Bonchev–Trinajstić information content (AvgIpc) is 2.84. The van der Waals surface area contributed by atoms with Crippen molar-refractivity contribution >= 4 is 41.3 Å². The molecule has 0 radical (unpaired) electrons. The van der Waals surface area contributed by atoms with Gasteiger partial charge < -0.3 is 15.4 Å². The van der Waals surface area contributed by atoms with E-state index in [0.717, 1.165) is 23.9 Å². The van der Waals surface area contributed by atoms with Gasteiger partial charge in [-0.2, -0.15) is 0 Å². The van der Waals surface area contributed by atoms with Crippen LogP contribution in [-0.2, 0) is 17.7 Å². The summed E-state index contributed by atoms with van der Waals surface area (Å²) in [5.74, 6) is 0.806. The summed E-state index contributed by atoms with van der Waals surface area (Å²) in [5.41, 5.74) is 0. The Balaban J connectivity index is 0.00000361. The molecule has 0 aromatic carbocycles. The van der Waals surface area contributed by atoms with Crippen LogP contribution >= 0.6 is 35.3 Å². The van der Waals surface area contributed by atoms with Gasteiger partial charge in [-0.15, -0.1) is 35.3 Å². The first-order chi connectivity index (χ1) is 9.19. The summed E-state index contributed by atoms with van der Waals surface area (Å²) in [4.78, 5) is 10.2. The molecule has 0 bridgehead atoms. The Hall–Kier alpha value is -0.410. The van der Waals surface area contributed by atoms with E-state index in [1.54, 1.807) is 18.4 Å². The number of hydrogen-bond acceptors (Lipinski definition) is 4. The lowest BCUT2D eigenvalue weighted by Crippen LogP contribution is -2.43. The van der Waals surface area contributed by atoms with E-state index in [1.165, 1.54) is 4.88 Å². The van der Waals surface area contributed by atoms with Crippen LogP contribution in [0.4, 0.5) is 0 Å². The zero-order valence-corrected chi connectivity index (χ0v) is 15.7. The summed E-state index contributed by atoms with van der Waals surface area (Å²) >= 11 is 1.72. The molecule has 5 nitrogen and oxygen atoms in total. The molecule has 20 heavy (non-hydrogen) atoms. The summed E-state index contributed by atoms with van der Waals surface area (Å²) in [6, 6.07) is 0.227.